The summed E-state index contributed by atoms with van der Waals surface area (Å²) < 4.78 is 10.2. The quantitative estimate of drug-likeness (QED) is 0.625. The number of nitro benzene ring substituents is 1. The van der Waals surface area contributed by atoms with Crippen LogP contribution in [0.15, 0.2) is 18.2 Å². The Morgan fingerprint density at radius 2 is 2.29 bits per heavy atom. The molecule has 1 aromatic carbocycles. The molecular weight excluding hydrogens is 280 g/mol. The van der Waals surface area contributed by atoms with Crippen LogP contribution in [0.5, 0.6) is 5.75 Å². The van der Waals surface area contributed by atoms with Crippen LogP contribution in [0, 0.1) is 15.5 Å². The molecule has 2 atom stereocenters. The molecule has 1 aliphatic heterocycles. The number of aliphatic carboxylic acids is 1. The molecule has 21 heavy (non-hydrogen) atoms. The number of benzene rings is 1. The number of rotatable bonds is 5. The second-order valence-corrected chi connectivity index (χ2v) is 5.11. The van der Waals surface area contributed by atoms with Gasteiger partial charge in [-0.1, -0.05) is 0 Å². The number of hydrogen-bond acceptors (Lipinski definition) is 6. The molecule has 0 amide bonds. The second kappa shape index (κ2) is 5.57. The predicted molar refractivity (Wildman–Crippen MR) is 73.6 cm³/mol. The van der Waals surface area contributed by atoms with Gasteiger partial charge in [-0.2, -0.15) is 0 Å². The van der Waals surface area contributed by atoms with Gasteiger partial charge in [0.05, 0.1) is 37.4 Å². The summed E-state index contributed by atoms with van der Waals surface area (Å²) >= 11 is 0. The van der Waals surface area contributed by atoms with Gasteiger partial charge in [0.25, 0.3) is 5.69 Å². The van der Waals surface area contributed by atoms with Crippen molar-refractivity contribution in [3.05, 3.63) is 28.3 Å². The number of carboxylic acid groups (broad SMARTS) is 1. The predicted octanol–water partition coefficient (Wildman–Crippen LogP) is 1.50. The van der Waals surface area contributed by atoms with E-state index < -0.39 is 22.3 Å². The number of hydrogen-bond donors (Lipinski definition) is 2. The number of nitro groups is 1. The van der Waals surface area contributed by atoms with Crippen LogP contribution in [0.4, 0.5) is 11.4 Å². The largest absolute Gasteiger partial charge is 0.496 e. The Bertz CT molecular complexity index is 576. The van der Waals surface area contributed by atoms with E-state index in [4.69, 9.17) is 9.47 Å². The minimum Gasteiger partial charge on any atom is -0.496 e. The maximum Gasteiger partial charge on any atom is 0.313 e. The lowest BCUT2D eigenvalue weighted by Gasteiger charge is -2.26. The Kier molecular flexibility index (Phi) is 3.99. The zero-order valence-corrected chi connectivity index (χ0v) is 11.7. The number of ether oxygens (including phenoxy) is 2. The molecular formula is C13H16N2O6. The van der Waals surface area contributed by atoms with Crippen molar-refractivity contribution in [1.82, 2.24) is 0 Å². The van der Waals surface area contributed by atoms with Crippen molar-refractivity contribution in [2.24, 2.45) is 5.41 Å². The first-order chi connectivity index (χ1) is 9.86. The van der Waals surface area contributed by atoms with E-state index in [1.165, 1.54) is 19.2 Å². The molecule has 0 radical (unpaired) electrons. The summed E-state index contributed by atoms with van der Waals surface area (Å²) in [5.74, 6) is -0.655. The normalized spacial score (nSPS) is 24.6. The fourth-order valence-electron chi connectivity index (χ4n) is 2.18. The van der Waals surface area contributed by atoms with Crippen molar-refractivity contribution in [3.8, 4) is 5.75 Å². The van der Waals surface area contributed by atoms with Crippen molar-refractivity contribution < 1.29 is 24.3 Å². The van der Waals surface area contributed by atoms with Gasteiger partial charge in [0, 0.05) is 17.8 Å². The van der Waals surface area contributed by atoms with Crippen molar-refractivity contribution in [1.29, 1.82) is 0 Å². The molecule has 8 heteroatoms. The topological polar surface area (TPSA) is 111 Å². The average molecular weight is 296 g/mol. The van der Waals surface area contributed by atoms with E-state index >= 15 is 0 Å². The molecule has 2 rings (SSSR count). The Balaban J connectivity index is 2.28. The summed E-state index contributed by atoms with van der Waals surface area (Å²) in [6.45, 7) is 1.88. The standard InChI is InChI=1S/C13H16N2O6/c1-13(12(16)17)7-21-6-11(13)14-8-3-9(15(18)19)5-10(4-8)20-2/h3-5,11,14H,6-7H2,1-2H3,(H,16,17). The molecule has 0 bridgehead atoms. The second-order valence-electron chi connectivity index (χ2n) is 5.11. The highest BCUT2D eigenvalue weighted by atomic mass is 16.6. The minimum absolute atomic E-state index is 0.0893. The fourth-order valence-corrected chi connectivity index (χ4v) is 2.18. The van der Waals surface area contributed by atoms with Gasteiger partial charge in [-0.15, -0.1) is 0 Å². The van der Waals surface area contributed by atoms with Gasteiger partial charge < -0.3 is 19.9 Å². The number of nitrogens with one attached hydrogen (secondary N) is 1. The zero-order chi connectivity index (χ0) is 15.6. The molecule has 2 N–H and O–H groups in total. The van der Waals surface area contributed by atoms with Crippen molar-refractivity contribution in [2.75, 3.05) is 25.6 Å². The first-order valence-electron chi connectivity index (χ1n) is 6.28. The molecule has 1 aliphatic rings. The SMILES string of the molecule is COc1cc(NC2COCC2(C)C(=O)O)cc([N+](=O)[O-])c1. The third-order valence-corrected chi connectivity index (χ3v) is 3.62. The van der Waals surface area contributed by atoms with Gasteiger partial charge in [-0.05, 0) is 6.92 Å². The average Bonchev–Trinajstić information content (AvgIpc) is 2.81. The third-order valence-electron chi connectivity index (χ3n) is 3.62. The van der Waals surface area contributed by atoms with Crippen molar-refractivity contribution in [3.63, 3.8) is 0 Å². The summed E-state index contributed by atoms with van der Waals surface area (Å²) in [6.07, 6.45) is 0. The number of anilines is 1. The van der Waals surface area contributed by atoms with E-state index in [0.29, 0.717) is 11.4 Å². The van der Waals surface area contributed by atoms with Crippen LogP contribution in [0.2, 0.25) is 0 Å². The van der Waals surface area contributed by atoms with Crippen LogP contribution in [0.1, 0.15) is 6.92 Å². The molecule has 1 saturated heterocycles. The van der Waals surface area contributed by atoms with Gasteiger partial charge in [0.2, 0.25) is 0 Å². The highest BCUT2D eigenvalue weighted by molar-refractivity contribution is 5.77. The molecule has 2 unspecified atom stereocenters. The summed E-state index contributed by atoms with van der Waals surface area (Å²) in [4.78, 5) is 21.7. The van der Waals surface area contributed by atoms with E-state index in [1.54, 1.807) is 13.0 Å². The minimum atomic E-state index is -1.09. The number of non-ortho nitro benzene ring substituents is 1. The van der Waals surface area contributed by atoms with E-state index in [-0.39, 0.29) is 18.9 Å². The highest BCUT2D eigenvalue weighted by Gasteiger charge is 2.46. The van der Waals surface area contributed by atoms with E-state index in [0.717, 1.165) is 0 Å². The van der Waals surface area contributed by atoms with Crippen LogP contribution in [0.3, 0.4) is 0 Å². The van der Waals surface area contributed by atoms with Crippen LogP contribution in [0.25, 0.3) is 0 Å². The lowest BCUT2D eigenvalue weighted by molar-refractivity contribution is -0.384. The number of methoxy groups -OCH3 is 1. The summed E-state index contributed by atoms with van der Waals surface area (Å²) in [7, 11) is 1.41. The van der Waals surface area contributed by atoms with Gasteiger partial charge in [-0.25, -0.2) is 0 Å². The van der Waals surface area contributed by atoms with E-state index in [9.17, 15) is 20.0 Å². The van der Waals surface area contributed by atoms with E-state index in [2.05, 4.69) is 5.32 Å². The lowest BCUT2D eigenvalue weighted by Crippen LogP contribution is -2.43. The number of carbonyl (C=O) groups is 1. The van der Waals surface area contributed by atoms with Gasteiger partial charge in [0.15, 0.2) is 0 Å². The van der Waals surface area contributed by atoms with Gasteiger partial charge in [-0.3, -0.25) is 14.9 Å². The van der Waals surface area contributed by atoms with Gasteiger partial charge in [0.1, 0.15) is 11.2 Å². The molecule has 1 fully saturated rings. The van der Waals surface area contributed by atoms with Crippen LogP contribution in [-0.4, -0.2) is 42.4 Å². The molecule has 0 saturated carbocycles. The smallest absolute Gasteiger partial charge is 0.313 e. The van der Waals surface area contributed by atoms with Crippen LogP contribution < -0.4 is 10.1 Å². The fraction of sp³-hybridized carbons (Fsp3) is 0.462. The molecule has 114 valence electrons. The Hall–Kier alpha value is -2.35. The summed E-state index contributed by atoms with van der Waals surface area (Å²) in [5, 5.41) is 23.2. The maximum atomic E-state index is 11.4. The molecule has 1 heterocycles. The van der Waals surface area contributed by atoms with Crippen molar-refractivity contribution >= 4 is 17.3 Å². The Labute approximate surface area is 120 Å². The molecule has 1 aromatic rings. The first kappa shape index (κ1) is 15.0. The van der Waals surface area contributed by atoms with Crippen LogP contribution >= 0.6 is 0 Å². The van der Waals surface area contributed by atoms with Crippen LogP contribution in [-0.2, 0) is 9.53 Å². The molecule has 8 nitrogen and oxygen atoms in total. The molecule has 0 aliphatic carbocycles. The van der Waals surface area contributed by atoms with E-state index in [1.807, 2.05) is 0 Å². The molecule has 0 spiro atoms. The Morgan fingerprint density at radius 3 is 2.86 bits per heavy atom. The Morgan fingerprint density at radius 1 is 1.57 bits per heavy atom. The maximum absolute atomic E-state index is 11.4. The lowest BCUT2D eigenvalue weighted by atomic mass is 9.85. The summed E-state index contributed by atoms with van der Waals surface area (Å²) in [5.41, 5.74) is -0.797. The summed E-state index contributed by atoms with van der Waals surface area (Å²) in [6, 6.07) is 3.73. The zero-order valence-electron chi connectivity index (χ0n) is 11.7. The number of nitrogens with zero attached hydrogens (tertiary/aromatic N) is 1. The van der Waals surface area contributed by atoms with Crippen molar-refractivity contribution in [2.45, 2.75) is 13.0 Å². The monoisotopic (exact) mass is 296 g/mol. The highest BCUT2D eigenvalue weighted by Crippen LogP contribution is 2.33. The third kappa shape index (κ3) is 2.89. The van der Waals surface area contributed by atoms with Gasteiger partial charge >= 0.3 is 5.97 Å². The first-order valence-corrected chi connectivity index (χ1v) is 6.28. The molecule has 0 aromatic heterocycles. The number of carboxylic acids is 1.